The maximum Gasteiger partial charge on any atom is 0.0331 e. The number of nitrogens with zero attached hydrogens (tertiary/aromatic N) is 1. The average molecular weight is 278 g/mol. The third-order valence-corrected chi connectivity index (χ3v) is 5.92. The number of piperidine rings is 1. The van der Waals surface area contributed by atoms with Crippen molar-refractivity contribution in [1.29, 1.82) is 0 Å². The Kier molecular flexibility index (Phi) is 4.57. The molecule has 3 rings (SSSR count). The van der Waals surface area contributed by atoms with Gasteiger partial charge in [-0.3, -0.25) is 4.90 Å². The maximum atomic E-state index is 3.46. The number of thiophene rings is 1. The Morgan fingerprint density at radius 3 is 3.05 bits per heavy atom. The van der Waals surface area contributed by atoms with Crippen LogP contribution in [0.25, 0.3) is 0 Å². The summed E-state index contributed by atoms with van der Waals surface area (Å²) in [5.74, 6) is 0.984. The lowest BCUT2D eigenvalue weighted by Gasteiger charge is -2.34. The van der Waals surface area contributed by atoms with Gasteiger partial charge in [0, 0.05) is 17.5 Å². The number of hydrogen-bond acceptors (Lipinski definition) is 3. The first kappa shape index (κ1) is 13.6. The second kappa shape index (κ2) is 6.38. The molecule has 0 bridgehead atoms. The number of nitrogens with one attached hydrogen (secondary N) is 1. The average Bonchev–Trinajstić information content (AvgIpc) is 2.92. The third-order valence-electron chi connectivity index (χ3n) is 4.92. The Morgan fingerprint density at radius 1 is 1.37 bits per heavy atom. The molecule has 2 aliphatic heterocycles. The first-order valence-electron chi connectivity index (χ1n) is 7.85. The van der Waals surface area contributed by atoms with Gasteiger partial charge in [0.2, 0.25) is 0 Å². The SMILES string of the molecule is CC1c2ccsc2CCN1CCCC1CCNCC1. The van der Waals surface area contributed by atoms with Gasteiger partial charge in [-0.1, -0.05) is 0 Å². The summed E-state index contributed by atoms with van der Waals surface area (Å²) in [4.78, 5) is 4.32. The molecule has 2 nitrogen and oxygen atoms in total. The van der Waals surface area contributed by atoms with E-state index in [0.717, 1.165) is 5.92 Å². The molecule has 1 atom stereocenters. The third kappa shape index (κ3) is 3.21. The van der Waals surface area contributed by atoms with Crippen molar-refractivity contribution in [2.75, 3.05) is 26.2 Å². The molecule has 1 fully saturated rings. The van der Waals surface area contributed by atoms with Crippen molar-refractivity contribution < 1.29 is 0 Å². The molecule has 3 heterocycles. The highest BCUT2D eigenvalue weighted by Gasteiger charge is 2.24. The minimum Gasteiger partial charge on any atom is -0.317 e. The van der Waals surface area contributed by atoms with E-state index < -0.39 is 0 Å². The van der Waals surface area contributed by atoms with Crippen molar-refractivity contribution in [2.45, 2.75) is 45.1 Å². The number of hydrogen-bond donors (Lipinski definition) is 1. The second-order valence-electron chi connectivity index (χ2n) is 6.10. The quantitative estimate of drug-likeness (QED) is 0.907. The highest BCUT2D eigenvalue weighted by atomic mass is 32.1. The summed E-state index contributed by atoms with van der Waals surface area (Å²) in [6.07, 6.45) is 6.87. The molecule has 0 aliphatic carbocycles. The van der Waals surface area contributed by atoms with E-state index in [-0.39, 0.29) is 0 Å². The van der Waals surface area contributed by atoms with Crippen molar-refractivity contribution in [3.05, 3.63) is 21.9 Å². The molecular weight excluding hydrogens is 252 g/mol. The van der Waals surface area contributed by atoms with Crippen LogP contribution in [-0.2, 0) is 6.42 Å². The standard InChI is InChI=1S/C16H26N2S/c1-13-15-7-12-19-16(15)6-11-18(13)10-2-3-14-4-8-17-9-5-14/h7,12-14,17H,2-6,8-11H2,1H3. The van der Waals surface area contributed by atoms with E-state index >= 15 is 0 Å². The summed E-state index contributed by atoms with van der Waals surface area (Å²) >= 11 is 1.94. The predicted octanol–water partition coefficient (Wildman–Crippen LogP) is 3.45. The Morgan fingerprint density at radius 2 is 2.21 bits per heavy atom. The summed E-state index contributed by atoms with van der Waals surface area (Å²) in [7, 11) is 0. The summed E-state index contributed by atoms with van der Waals surface area (Å²) in [6.45, 7) is 7.42. The zero-order chi connectivity index (χ0) is 13.1. The fourth-order valence-corrected chi connectivity index (χ4v) is 4.58. The van der Waals surface area contributed by atoms with Crippen molar-refractivity contribution >= 4 is 11.3 Å². The topological polar surface area (TPSA) is 15.3 Å². The van der Waals surface area contributed by atoms with Crippen molar-refractivity contribution in [1.82, 2.24) is 10.2 Å². The Labute approximate surface area is 121 Å². The van der Waals surface area contributed by atoms with Gasteiger partial charge in [-0.15, -0.1) is 11.3 Å². The van der Waals surface area contributed by atoms with E-state index in [4.69, 9.17) is 0 Å². The van der Waals surface area contributed by atoms with Crippen LogP contribution in [0.2, 0.25) is 0 Å². The number of fused-ring (bicyclic) bond motifs is 1. The summed E-state index contributed by atoms with van der Waals surface area (Å²) in [6, 6.07) is 2.98. The minimum absolute atomic E-state index is 0.642. The van der Waals surface area contributed by atoms with E-state index in [1.165, 1.54) is 58.3 Å². The van der Waals surface area contributed by atoms with Crippen LogP contribution in [0.15, 0.2) is 11.4 Å². The Hall–Kier alpha value is -0.380. The predicted molar refractivity (Wildman–Crippen MR) is 82.8 cm³/mol. The van der Waals surface area contributed by atoms with E-state index in [9.17, 15) is 0 Å². The van der Waals surface area contributed by atoms with Crippen LogP contribution in [0.1, 0.15) is 49.1 Å². The van der Waals surface area contributed by atoms with Gasteiger partial charge in [-0.05, 0) is 81.6 Å². The monoisotopic (exact) mass is 278 g/mol. The Bertz CT molecular complexity index is 395. The zero-order valence-electron chi connectivity index (χ0n) is 12.0. The molecule has 0 saturated carbocycles. The lowest BCUT2D eigenvalue weighted by Crippen LogP contribution is -2.34. The fourth-order valence-electron chi connectivity index (χ4n) is 3.62. The molecule has 1 aromatic heterocycles. The van der Waals surface area contributed by atoms with Gasteiger partial charge in [0.05, 0.1) is 0 Å². The molecule has 0 amide bonds. The van der Waals surface area contributed by atoms with Gasteiger partial charge < -0.3 is 5.32 Å². The van der Waals surface area contributed by atoms with Crippen molar-refractivity contribution in [3.8, 4) is 0 Å². The molecule has 106 valence electrons. The highest BCUT2D eigenvalue weighted by Crippen LogP contribution is 2.33. The molecule has 1 saturated heterocycles. The van der Waals surface area contributed by atoms with Crippen LogP contribution < -0.4 is 5.32 Å². The molecule has 0 radical (unpaired) electrons. The smallest absolute Gasteiger partial charge is 0.0331 e. The molecule has 19 heavy (non-hydrogen) atoms. The van der Waals surface area contributed by atoms with E-state index in [1.54, 1.807) is 10.4 Å². The molecule has 3 heteroatoms. The van der Waals surface area contributed by atoms with Gasteiger partial charge in [0.25, 0.3) is 0 Å². The first-order valence-corrected chi connectivity index (χ1v) is 8.73. The van der Waals surface area contributed by atoms with Crippen LogP contribution in [0.3, 0.4) is 0 Å². The lowest BCUT2D eigenvalue weighted by molar-refractivity contribution is 0.189. The molecule has 1 aromatic rings. The van der Waals surface area contributed by atoms with Crippen LogP contribution in [-0.4, -0.2) is 31.1 Å². The normalized spacial score (nSPS) is 25.4. The zero-order valence-corrected chi connectivity index (χ0v) is 12.8. The summed E-state index contributed by atoms with van der Waals surface area (Å²) in [5, 5.41) is 5.72. The Balaban J connectivity index is 1.46. The van der Waals surface area contributed by atoms with E-state index in [0.29, 0.717) is 6.04 Å². The van der Waals surface area contributed by atoms with Gasteiger partial charge in [-0.25, -0.2) is 0 Å². The van der Waals surface area contributed by atoms with Crippen LogP contribution in [0.4, 0.5) is 0 Å². The molecule has 1 unspecified atom stereocenters. The highest BCUT2D eigenvalue weighted by molar-refractivity contribution is 7.10. The summed E-state index contributed by atoms with van der Waals surface area (Å²) in [5.41, 5.74) is 1.60. The van der Waals surface area contributed by atoms with Crippen LogP contribution >= 0.6 is 11.3 Å². The van der Waals surface area contributed by atoms with Crippen molar-refractivity contribution in [2.24, 2.45) is 5.92 Å². The fraction of sp³-hybridized carbons (Fsp3) is 0.750. The summed E-state index contributed by atoms with van der Waals surface area (Å²) < 4.78 is 0. The molecule has 0 aromatic carbocycles. The van der Waals surface area contributed by atoms with E-state index in [2.05, 4.69) is 28.6 Å². The van der Waals surface area contributed by atoms with Gasteiger partial charge in [-0.2, -0.15) is 0 Å². The van der Waals surface area contributed by atoms with Crippen LogP contribution in [0.5, 0.6) is 0 Å². The van der Waals surface area contributed by atoms with Crippen LogP contribution in [0, 0.1) is 5.92 Å². The van der Waals surface area contributed by atoms with E-state index in [1.807, 2.05) is 11.3 Å². The second-order valence-corrected chi connectivity index (χ2v) is 7.10. The molecule has 1 N–H and O–H groups in total. The largest absolute Gasteiger partial charge is 0.317 e. The van der Waals surface area contributed by atoms with Crippen molar-refractivity contribution in [3.63, 3.8) is 0 Å². The number of rotatable bonds is 4. The maximum absolute atomic E-state index is 3.46. The van der Waals surface area contributed by atoms with Gasteiger partial charge >= 0.3 is 0 Å². The molecule has 0 spiro atoms. The van der Waals surface area contributed by atoms with Gasteiger partial charge in [0.1, 0.15) is 0 Å². The lowest BCUT2D eigenvalue weighted by atomic mass is 9.92. The molecular formula is C16H26N2S. The first-order chi connectivity index (χ1) is 9.34. The minimum atomic E-state index is 0.642. The van der Waals surface area contributed by atoms with Gasteiger partial charge in [0.15, 0.2) is 0 Å². The molecule has 2 aliphatic rings.